The zero-order valence-electron chi connectivity index (χ0n) is 8.83. The fourth-order valence-electron chi connectivity index (χ4n) is 1.18. The summed E-state index contributed by atoms with van der Waals surface area (Å²) in [7, 11) is -2.03. The van der Waals surface area contributed by atoms with Crippen LogP contribution in [0.1, 0.15) is 0 Å². The Morgan fingerprint density at radius 3 is 2.76 bits per heavy atom. The van der Waals surface area contributed by atoms with E-state index >= 15 is 0 Å². The number of imidazole rings is 1. The van der Waals surface area contributed by atoms with Crippen molar-refractivity contribution in [2.75, 3.05) is 4.72 Å². The van der Waals surface area contributed by atoms with Crippen molar-refractivity contribution in [3.05, 3.63) is 35.9 Å². The maximum Gasteiger partial charge on any atom is 0.282 e. The van der Waals surface area contributed by atoms with Gasteiger partial charge in [0.25, 0.3) is 10.0 Å². The van der Waals surface area contributed by atoms with E-state index in [-0.39, 0.29) is 16.0 Å². The summed E-state index contributed by atoms with van der Waals surface area (Å²) in [6.07, 6.45) is 2.80. The number of hydrogen-bond acceptors (Lipinski definition) is 4. The normalized spacial score (nSPS) is 11.4. The van der Waals surface area contributed by atoms with Crippen LogP contribution < -0.4 is 4.72 Å². The number of anilines is 1. The first kappa shape index (κ1) is 11.9. The van der Waals surface area contributed by atoms with E-state index in [0.29, 0.717) is 0 Å². The van der Waals surface area contributed by atoms with Crippen LogP contribution in [0.15, 0.2) is 35.7 Å². The number of aryl methyl sites for hydroxylation is 1. The van der Waals surface area contributed by atoms with Gasteiger partial charge in [-0.15, -0.1) is 0 Å². The molecular weight excluding hydrogens is 264 g/mol. The van der Waals surface area contributed by atoms with E-state index in [1.807, 2.05) is 0 Å². The maximum atomic E-state index is 11.9. The minimum absolute atomic E-state index is 0.0678. The molecule has 2 rings (SSSR count). The van der Waals surface area contributed by atoms with E-state index in [0.717, 1.165) is 0 Å². The zero-order valence-corrected chi connectivity index (χ0v) is 10.4. The molecule has 90 valence electrons. The summed E-state index contributed by atoms with van der Waals surface area (Å²) < 4.78 is 27.5. The van der Waals surface area contributed by atoms with Gasteiger partial charge in [-0.1, -0.05) is 17.7 Å². The molecule has 0 spiro atoms. The summed E-state index contributed by atoms with van der Waals surface area (Å²) >= 11 is 5.66. The molecule has 1 N–H and O–H groups in total. The van der Waals surface area contributed by atoms with Crippen molar-refractivity contribution in [3.8, 4) is 0 Å². The molecule has 2 aromatic heterocycles. The number of nitrogens with zero attached hydrogens (tertiary/aromatic N) is 3. The predicted octanol–water partition coefficient (Wildman–Crippen LogP) is 1.27. The Kier molecular flexibility index (Phi) is 3.03. The molecule has 0 saturated heterocycles. The third-order valence-electron chi connectivity index (χ3n) is 1.91. The van der Waals surface area contributed by atoms with Crippen molar-refractivity contribution in [3.63, 3.8) is 0 Å². The van der Waals surface area contributed by atoms with Crippen molar-refractivity contribution < 1.29 is 8.42 Å². The number of pyridine rings is 1. The van der Waals surface area contributed by atoms with Gasteiger partial charge in [-0.3, -0.25) is 4.72 Å². The minimum Gasteiger partial charge on any atom is -0.339 e. The second-order valence-electron chi connectivity index (χ2n) is 3.33. The molecule has 17 heavy (non-hydrogen) atoms. The van der Waals surface area contributed by atoms with Crippen LogP contribution >= 0.6 is 11.6 Å². The highest BCUT2D eigenvalue weighted by Gasteiger charge is 2.17. The van der Waals surface area contributed by atoms with E-state index < -0.39 is 10.0 Å². The van der Waals surface area contributed by atoms with E-state index in [1.165, 1.54) is 18.6 Å². The van der Waals surface area contributed by atoms with Crippen LogP contribution in [0.4, 0.5) is 5.82 Å². The molecule has 6 nitrogen and oxygen atoms in total. The standard InChI is InChI=1S/C9H9ClN4O2S/c1-14-5-9(11-6-14)17(15,16)13-8-4-2-3-7(10)12-8/h2-6H,1H3,(H,12,13). The van der Waals surface area contributed by atoms with Crippen LogP contribution in [-0.2, 0) is 17.1 Å². The molecule has 2 aromatic rings. The molecule has 0 radical (unpaired) electrons. The Labute approximate surface area is 103 Å². The SMILES string of the molecule is Cn1cnc(S(=O)(=O)Nc2cccc(Cl)n2)c1. The smallest absolute Gasteiger partial charge is 0.282 e. The summed E-state index contributed by atoms with van der Waals surface area (Å²) in [5, 5.41) is 0.146. The zero-order chi connectivity index (χ0) is 12.5. The van der Waals surface area contributed by atoms with E-state index in [4.69, 9.17) is 11.6 Å². The molecule has 0 saturated carbocycles. The van der Waals surface area contributed by atoms with Crippen molar-refractivity contribution in [1.82, 2.24) is 14.5 Å². The second-order valence-corrected chi connectivity index (χ2v) is 5.34. The summed E-state index contributed by atoms with van der Waals surface area (Å²) in [6, 6.07) is 4.66. The van der Waals surface area contributed by atoms with Gasteiger partial charge in [-0.05, 0) is 12.1 Å². The Morgan fingerprint density at radius 2 is 2.18 bits per heavy atom. The average molecular weight is 273 g/mol. The monoisotopic (exact) mass is 272 g/mol. The van der Waals surface area contributed by atoms with E-state index in [1.54, 1.807) is 23.7 Å². The number of rotatable bonds is 3. The van der Waals surface area contributed by atoms with Gasteiger partial charge in [0.05, 0.1) is 6.33 Å². The first-order valence-corrected chi connectivity index (χ1v) is 6.47. The van der Waals surface area contributed by atoms with Crippen LogP contribution in [-0.4, -0.2) is 23.0 Å². The fourth-order valence-corrected chi connectivity index (χ4v) is 2.33. The third kappa shape index (κ3) is 2.75. The first-order chi connectivity index (χ1) is 7.97. The molecule has 0 aromatic carbocycles. The molecule has 0 amide bonds. The second kappa shape index (κ2) is 4.34. The molecule has 0 unspecified atom stereocenters. The van der Waals surface area contributed by atoms with Crippen molar-refractivity contribution in [2.24, 2.45) is 7.05 Å². The van der Waals surface area contributed by atoms with Crippen molar-refractivity contribution in [2.45, 2.75) is 5.03 Å². The van der Waals surface area contributed by atoms with Crippen LogP contribution in [0.2, 0.25) is 5.15 Å². The average Bonchev–Trinajstić information content (AvgIpc) is 2.65. The number of aromatic nitrogens is 3. The number of sulfonamides is 1. The van der Waals surface area contributed by atoms with E-state index in [2.05, 4.69) is 14.7 Å². The Morgan fingerprint density at radius 1 is 1.41 bits per heavy atom. The first-order valence-electron chi connectivity index (χ1n) is 4.61. The lowest BCUT2D eigenvalue weighted by atomic mass is 10.5. The van der Waals surface area contributed by atoms with Crippen LogP contribution in [0.5, 0.6) is 0 Å². The summed E-state index contributed by atoms with van der Waals surface area (Å²) in [5.74, 6) is 0.156. The molecule has 0 aliphatic carbocycles. The minimum atomic E-state index is -3.71. The van der Waals surface area contributed by atoms with Gasteiger partial charge < -0.3 is 4.57 Å². The lowest BCUT2D eigenvalue weighted by Gasteiger charge is -2.04. The molecular formula is C9H9ClN4O2S. The van der Waals surface area contributed by atoms with Crippen molar-refractivity contribution in [1.29, 1.82) is 0 Å². The number of hydrogen-bond donors (Lipinski definition) is 1. The quantitative estimate of drug-likeness (QED) is 0.854. The molecule has 0 fully saturated rings. The van der Waals surface area contributed by atoms with Gasteiger partial charge >= 0.3 is 0 Å². The van der Waals surface area contributed by atoms with Crippen LogP contribution in [0.3, 0.4) is 0 Å². The van der Waals surface area contributed by atoms with Crippen LogP contribution in [0.25, 0.3) is 0 Å². The third-order valence-corrected chi connectivity index (χ3v) is 3.36. The van der Waals surface area contributed by atoms with Gasteiger partial charge in [-0.25, -0.2) is 9.97 Å². The molecule has 2 heterocycles. The van der Waals surface area contributed by atoms with Gasteiger partial charge in [0, 0.05) is 13.2 Å². The Bertz CT molecular complexity index is 638. The largest absolute Gasteiger partial charge is 0.339 e. The molecule has 0 aliphatic heterocycles. The predicted molar refractivity (Wildman–Crippen MR) is 63.3 cm³/mol. The molecule has 0 bridgehead atoms. The maximum absolute atomic E-state index is 11.9. The van der Waals surface area contributed by atoms with Crippen molar-refractivity contribution >= 4 is 27.4 Å². The molecule has 8 heteroatoms. The Hall–Kier alpha value is -1.60. The lowest BCUT2D eigenvalue weighted by molar-refractivity contribution is 0.598. The summed E-state index contributed by atoms with van der Waals surface area (Å²) in [5.41, 5.74) is 0. The van der Waals surface area contributed by atoms with Gasteiger partial charge in [0.1, 0.15) is 11.0 Å². The highest BCUT2D eigenvalue weighted by molar-refractivity contribution is 7.92. The summed E-state index contributed by atoms with van der Waals surface area (Å²) in [6.45, 7) is 0. The number of halogens is 1. The van der Waals surface area contributed by atoms with Crippen LogP contribution in [0, 0.1) is 0 Å². The number of nitrogens with one attached hydrogen (secondary N) is 1. The lowest BCUT2D eigenvalue weighted by Crippen LogP contribution is -2.14. The van der Waals surface area contributed by atoms with Gasteiger partial charge in [-0.2, -0.15) is 8.42 Å². The Balaban J connectivity index is 2.29. The van der Waals surface area contributed by atoms with Gasteiger partial charge in [0.15, 0.2) is 5.03 Å². The highest BCUT2D eigenvalue weighted by atomic mass is 35.5. The topological polar surface area (TPSA) is 76.9 Å². The highest BCUT2D eigenvalue weighted by Crippen LogP contribution is 2.14. The molecule has 0 aliphatic rings. The summed E-state index contributed by atoms with van der Waals surface area (Å²) in [4.78, 5) is 7.59. The fraction of sp³-hybridized carbons (Fsp3) is 0.111. The van der Waals surface area contributed by atoms with Gasteiger partial charge in [0.2, 0.25) is 0 Å². The molecule has 0 atom stereocenters. The van der Waals surface area contributed by atoms with E-state index in [9.17, 15) is 8.42 Å².